The normalized spacial score (nSPS) is 10.0. The molecule has 0 fully saturated rings. The summed E-state index contributed by atoms with van der Waals surface area (Å²) in [4.78, 5) is 10.9. The maximum atomic E-state index is 13.0. The molecule has 0 saturated heterocycles. The van der Waals surface area contributed by atoms with E-state index in [1.54, 1.807) is 0 Å². The molecule has 0 N–H and O–H groups in total. The molecular weight excluding hydrogens is 246 g/mol. The van der Waals surface area contributed by atoms with Gasteiger partial charge in [0.15, 0.2) is 5.78 Å². The molecule has 0 unspecified atom stereocenters. The highest BCUT2D eigenvalue weighted by atomic mass is 79.9. The Bertz CT molecular complexity index is 338. The van der Waals surface area contributed by atoms with Crippen LogP contribution in [0.2, 0.25) is 5.02 Å². The predicted octanol–water partition coefficient (Wildman–Crippen LogP) is 3.44. The lowest BCUT2D eigenvalue weighted by Crippen LogP contribution is -1.98. The van der Waals surface area contributed by atoms with Crippen LogP contribution in [0.5, 0.6) is 0 Å². The summed E-state index contributed by atoms with van der Waals surface area (Å²) in [5.41, 5.74) is -0.0639. The smallest absolute Gasteiger partial charge is 0.164 e. The van der Waals surface area contributed by atoms with Crippen LogP contribution in [0.3, 0.4) is 0 Å². The Balaban J connectivity index is 3.43. The first kappa shape index (κ1) is 9.68. The Morgan fingerprint density at radius 1 is 1.58 bits per heavy atom. The van der Waals surface area contributed by atoms with Crippen LogP contribution < -0.4 is 0 Å². The summed E-state index contributed by atoms with van der Waals surface area (Å²) in [5, 5.41) is 0.127. The highest BCUT2D eigenvalue weighted by Gasteiger charge is 2.13. The molecule has 1 aromatic rings. The number of hydrogen-bond donors (Lipinski definition) is 0. The molecule has 0 aliphatic rings. The summed E-state index contributed by atoms with van der Waals surface area (Å²) in [6.45, 7) is 1.27. The average molecular weight is 251 g/mol. The Labute approximate surface area is 82.7 Å². The first-order chi connectivity index (χ1) is 5.54. The zero-order valence-electron chi connectivity index (χ0n) is 6.20. The fraction of sp³-hybridized carbons (Fsp3) is 0.125. The Morgan fingerprint density at radius 3 is 2.58 bits per heavy atom. The molecule has 12 heavy (non-hydrogen) atoms. The van der Waals surface area contributed by atoms with Crippen molar-refractivity contribution in [1.29, 1.82) is 0 Å². The summed E-state index contributed by atoms with van der Waals surface area (Å²) in [6, 6.07) is 2.66. The average Bonchev–Trinajstić information content (AvgIpc) is 1.97. The minimum atomic E-state index is -0.587. The maximum absolute atomic E-state index is 13.0. The lowest BCUT2D eigenvalue weighted by molar-refractivity contribution is 0.101. The van der Waals surface area contributed by atoms with Gasteiger partial charge in [-0.2, -0.15) is 0 Å². The van der Waals surface area contributed by atoms with Gasteiger partial charge in [0.05, 0.1) is 10.6 Å². The van der Waals surface area contributed by atoms with Gasteiger partial charge in [0.2, 0.25) is 0 Å². The van der Waals surface area contributed by atoms with Gasteiger partial charge in [-0.1, -0.05) is 11.6 Å². The monoisotopic (exact) mass is 250 g/mol. The topological polar surface area (TPSA) is 17.1 Å². The summed E-state index contributed by atoms with van der Waals surface area (Å²) in [6.07, 6.45) is 0. The summed E-state index contributed by atoms with van der Waals surface area (Å²) in [7, 11) is 0. The fourth-order valence-electron chi connectivity index (χ4n) is 0.850. The molecule has 64 valence electrons. The molecule has 1 rings (SSSR count). The lowest BCUT2D eigenvalue weighted by atomic mass is 10.1. The van der Waals surface area contributed by atoms with Crippen molar-refractivity contribution in [1.82, 2.24) is 0 Å². The maximum Gasteiger partial charge on any atom is 0.164 e. The van der Waals surface area contributed by atoms with Crippen LogP contribution in [0.15, 0.2) is 16.6 Å². The van der Waals surface area contributed by atoms with Gasteiger partial charge in [0, 0.05) is 4.47 Å². The molecule has 0 atom stereocenters. The lowest BCUT2D eigenvalue weighted by Gasteiger charge is -2.02. The van der Waals surface area contributed by atoms with E-state index in [2.05, 4.69) is 15.9 Å². The molecule has 0 heterocycles. The minimum Gasteiger partial charge on any atom is -0.294 e. The third-order valence-electron chi connectivity index (χ3n) is 1.40. The quantitative estimate of drug-likeness (QED) is 0.552. The fourth-order valence-corrected chi connectivity index (χ4v) is 1.47. The van der Waals surface area contributed by atoms with Crippen molar-refractivity contribution in [2.75, 3.05) is 0 Å². The van der Waals surface area contributed by atoms with Crippen molar-refractivity contribution in [3.63, 3.8) is 0 Å². The van der Waals surface area contributed by atoms with Crippen molar-refractivity contribution < 1.29 is 9.18 Å². The van der Waals surface area contributed by atoms with E-state index < -0.39 is 5.82 Å². The third-order valence-corrected chi connectivity index (χ3v) is 2.68. The van der Waals surface area contributed by atoms with Crippen molar-refractivity contribution in [2.24, 2.45) is 0 Å². The van der Waals surface area contributed by atoms with Gasteiger partial charge in [-0.05, 0) is 35.0 Å². The molecule has 1 nitrogen and oxygen atoms in total. The second-order valence-corrected chi connectivity index (χ2v) is 3.51. The number of benzene rings is 1. The molecule has 0 bridgehead atoms. The number of rotatable bonds is 1. The van der Waals surface area contributed by atoms with Crippen molar-refractivity contribution in [3.05, 3.63) is 33.0 Å². The van der Waals surface area contributed by atoms with E-state index in [0.717, 1.165) is 0 Å². The Hall–Kier alpha value is -0.410. The molecule has 0 aliphatic carbocycles. The minimum absolute atomic E-state index is 0.0639. The van der Waals surface area contributed by atoms with E-state index in [9.17, 15) is 9.18 Å². The van der Waals surface area contributed by atoms with Gasteiger partial charge >= 0.3 is 0 Å². The van der Waals surface area contributed by atoms with Crippen LogP contribution in [0.4, 0.5) is 4.39 Å². The van der Waals surface area contributed by atoms with E-state index >= 15 is 0 Å². The second-order valence-electron chi connectivity index (χ2n) is 2.27. The highest BCUT2D eigenvalue weighted by molar-refractivity contribution is 9.10. The number of carbonyl (C=O) groups excluding carboxylic acids is 1. The number of ketones is 1. The standard InChI is InChI=1S/C8H5BrClFO/c1-4(12)7-6(11)3-2-5(9)8(7)10/h2-3H,1H3. The Morgan fingerprint density at radius 2 is 2.17 bits per heavy atom. The van der Waals surface area contributed by atoms with Gasteiger partial charge in [0.1, 0.15) is 5.82 Å². The number of carbonyl (C=O) groups is 1. The molecule has 1 aromatic carbocycles. The summed E-state index contributed by atoms with van der Waals surface area (Å²) in [5.74, 6) is -0.963. The molecule has 0 radical (unpaired) electrons. The van der Waals surface area contributed by atoms with Crippen LogP contribution in [-0.4, -0.2) is 5.78 Å². The number of Topliss-reactive ketones (excluding diaryl/α,β-unsaturated/α-hetero) is 1. The van der Waals surface area contributed by atoms with Crippen LogP contribution in [0, 0.1) is 5.82 Å². The Kier molecular flexibility index (Phi) is 2.85. The molecule has 0 spiro atoms. The second kappa shape index (κ2) is 3.54. The molecule has 0 amide bonds. The molecule has 0 saturated carbocycles. The molecule has 4 heteroatoms. The van der Waals surface area contributed by atoms with Crippen molar-refractivity contribution in [2.45, 2.75) is 6.92 Å². The van der Waals surface area contributed by atoms with E-state index in [4.69, 9.17) is 11.6 Å². The first-order valence-electron chi connectivity index (χ1n) is 3.18. The van der Waals surface area contributed by atoms with Crippen LogP contribution >= 0.6 is 27.5 Å². The largest absolute Gasteiger partial charge is 0.294 e. The number of hydrogen-bond acceptors (Lipinski definition) is 1. The third kappa shape index (κ3) is 1.67. The van der Waals surface area contributed by atoms with Gasteiger partial charge in [-0.3, -0.25) is 4.79 Å². The van der Waals surface area contributed by atoms with Crippen molar-refractivity contribution >= 4 is 33.3 Å². The zero-order chi connectivity index (χ0) is 9.30. The molecular formula is C8H5BrClFO. The first-order valence-corrected chi connectivity index (χ1v) is 4.35. The van der Waals surface area contributed by atoms with Crippen LogP contribution in [0.1, 0.15) is 17.3 Å². The van der Waals surface area contributed by atoms with E-state index in [0.29, 0.717) is 4.47 Å². The molecule has 0 aromatic heterocycles. The van der Waals surface area contributed by atoms with Gasteiger partial charge in [-0.15, -0.1) is 0 Å². The van der Waals surface area contributed by atoms with Crippen LogP contribution in [0.25, 0.3) is 0 Å². The highest BCUT2D eigenvalue weighted by Crippen LogP contribution is 2.28. The number of halogens is 3. The van der Waals surface area contributed by atoms with Crippen LogP contribution in [-0.2, 0) is 0 Å². The van der Waals surface area contributed by atoms with Gasteiger partial charge in [0.25, 0.3) is 0 Å². The summed E-state index contributed by atoms with van der Waals surface area (Å²) >= 11 is 8.78. The van der Waals surface area contributed by atoms with Gasteiger partial charge in [-0.25, -0.2) is 4.39 Å². The van der Waals surface area contributed by atoms with E-state index in [-0.39, 0.29) is 16.4 Å². The van der Waals surface area contributed by atoms with Gasteiger partial charge < -0.3 is 0 Å². The molecule has 0 aliphatic heterocycles. The van der Waals surface area contributed by atoms with E-state index in [1.807, 2.05) is 0 Å². The summed E-state index contributed by atoms with van der Waals surface area (Å²) < 4.78 is 13.5. The van der Waals surface area contributed by atoms with E-state index in [1.165, 1.54) is 19.1 Å². The van der Waals surface area contributed by atoms with Crippen molar-refractivity contribution in [3.8, 4) is 0 Å². The SMILES string of the molecule is CC(=O)c1c(F)ccc(Br)c1Cl. The predicted molar refractivity (Wildman–Crippen MR) is 49.1 cm³/mol. The zero-order valence-corrected chi connectivity index (χ0v) is 8.54.